The van der Waals surface area contributed by atoms with Gasteiger partial charge in [0.25, 0.3) is 0 Å². The van der Waals surface area contributed by atoms with Crippen molar-refractivity contribution in [1.29, 1.82) is 0 Å². The summed E-state index contributed by atoms with van der Waals surface area (Å²) in [5.41, 5.74) is 1.31. The molecule has 0 saturated heterocycles. The zero-order chi connectivity index (χ0) is 12.1. The molecule has 2 N–H and O–H groups in total. The van der Waals surface area contributed by atoms with Crippen LogP contribution in [0.15, 0.2) is 24.2 Å². The largest absolute Gasteiger partial charge is 0.394 e. The Hall–Kier alpha value is -1.05. The topological polar surface area (TPSA) is 81.1 Å². The second kappa shape index (κ2) is 5.74. The summed E-state index contributed by atoms with van der Waals surface area (Å²) in [5.74, 6) is 0. The van der Waals surface area contributed by atoms with Gasteiger partial charge < -0.3 is 9.80 Å². The Morgan fingerprint density at radius 1 is 1.40 bits per heavy atom. The summed E-state index contributed by atoms with van der Waals surface area (Å²) in [6, 6.07) is 0. The lowest BCUT2D eigenvalue weighted by Crippen LogP contribution is -2.20. The molecule has 1 heterocycles. The van der Waals surface area contributed by atoms with Gasteiger partial charge in [0.1, 0.15) is 0 Å². The summed E-state index contributed by atoms with van der Waals surface area (Å²) in [5, 5.41) is 0. The van der Waals surface area contributed by atoms with E-state index in [1.807, 2.05) is 0 Å². The molecule has 1 aliphatic rings. The fraction of sp³-hybridized carbons (Fsp3) is 0.500. The molecule has 0 atom stereocenters. The van der Waals surface area contributed by atoms with Gasteiger partial charge in [-0.15, -0.1) is 0 Å². The predicted octanol–water partition coefficient (Wildman–Crippen LogP) is 0.933. The van der Waals surface area contributed by atoms with E-state index in [0.717, 1.165) is 6.67 Å². The number of hydrogen-bond donors (Lipinski definition) is 2. The highest BCUT2D eigenvalue weighted by molar-refractivity contribution is 7.79. The first-order valence-corrected chi connectivity index (χ1v) is 5.61. The fourth-order valence-electron chi connectivity index (χ4n) is 0.924. The number of nitrogens with zero attached hydrogens (tertiary/aromatic N) is 2. The van der Waals surface area contributed by atoms with E-state index in [2.05, 4.69) is 49.2 Å². The molecule has 1 aliphatic heterocycles. The van der Waals surface area contributed by atoms with Crippen molar-refractivity contribution in [2.75, 3.05) is 13.7 Å². The Morgan fingerprint density at radius 3 is 2.13 bits per heavy atom. The van der Waals surface area contributed by atoms with Crippen molar-refractivity contribution in [2.45, 2.75) is 13.8 Å². The molecule has 0 aromatic heterocycles. The van der Waals surface area contributed by atoms with Crippen LogP contribution >= 0.6 is 0 Å². The molecule has 0 radical (unpaired) electrons. The molecule has 15 heavy (non-hydrogen) atoms. The fourth-order valence-corrected chi connectivity index (χ4v) is 0.924. The minimum absolute atomic E-state index is 0.982. The van der Waals surface area contributed by atoms with Gasteiger partial charge in [0, 0.05) is 25.1 Å². The average molecular weight is 236 g/mol. The Labute approximate surface area is 90.1 Å². The third-order valence-corrected chi connectivity index (χ3v) is 1.75. The SMILES string of the molecule is CC=C(C)N1C=CN(C)C1.O=S(=O)(O)O. The average Bonchev–Trinajstić information content (AvgIpc) is 2.47. The highest BCUT2D eigenvalue weighted by Gasteiger charge is 2.07. The highest BCUT2D eigenvalue weighted by atomic mass is 32.3. The van der Waals surface area contributed by atoms with Crippen LogP contribution in [0.5, 0.6) is 0 Å². The van der Waals surface area contributed by atoms with Gasteiger partial charge in [0.05, 0.1) is 6.67 Å². The Balaban J connectivity index is 0.000000336. The van der Waals surface area contributed by atoms with Crippen LogP contribution in [0.2, 0.25) is 0 Å². The molecular weight excluding hydrogens is 220 g/mol. The minimum Gasteiger partial charge on any atom is -0.361 e. The summed E-state index contributed by atoms with van der Waals surface area (Å²) in [6.07, 6.45) is 6.28. The van der Waals surface area contributed by atoms with Gasteiger partial charge in [-0.1, -0.05) is 6.08 Å². The Kier molecular flexibility index (Phi) is 5.34. The number of rotatable bonds is 1. The third kappa shape index (κ3) is 7.98. The van der Waals surface area contributed by atoms with Gasteiger partial charge in [0.15, 0.2) is 0 Å². The lowest BCUT2D eigenvalue weighted by molar-refractivity contribution is 0.345. The standard InChI is InChI=1S/C8H14N2.H2O4S/c1-4-8(2)10-6-5-9(3)7-10;1-5(2,3)4/h4-6H,7H2,1-3H3;(H2,1,2,3,4). The molecule has 0 unspecified atom stereocenters. The van der Waals surface area contributed by atoms with E-state index in [1.54, 1.807) is 0 Å². The first kappa shape index (κ1) is 13.9. The molecule has 0 aliphatic carbocycles. The van der Waals surface area contributed by atoms with Crippen LogP contribution in [0, 0.1) is 0 Å². The van der Waals surface area contributed by atoms with Crippen molar-refractivity contribution >= 4 is 10.4 Å². The highest BCUT2D eigenvalue weighted by Crippen LogP contribution is 2.10. The van der Waals surface area contributed by atoms with Gasteiger partial charge >= 0.3 is 10.4 Å². The van der Waals surface area contributed by atoms with Crippen molar-refractivity contribution in [3.63, 3.8) is 0 Å². The second-order valence-corrected chi connectivity index (χ2v) is 3.94. The van der Waals surface area contributed by atoms with Crippen LogP contribution in [-0.4, -0.2) is 41.0 Å². The van der Waals surface area contributed by atoms with Gasteiger partial charge in [-0.3, -0.25) is 9.11 Å². The second-order valence-electron chi connectivity index (χ2n) is 3.04. The molecule has 0 saturated carbocycles. The van der Waals surface area contributed by atoms with Crippen LogP contribution in [0.4, 0.5) is 0 Å². The smallest absolute Gasteiger partial charge is 0.361 e. The summed E-state index contributed by atoms with van der Waals surface area (Å²) >= 11 is 0. The lowest BCUT2D eigenvalue weighted by Gasteiger charge is -2.17. The van der Waals surface area contributed by atoms with E-state index in [0.29, 0.717) is 0 Å². The van der Waals surface area contributed by atoms with E-state index < -0.39 is 10.4 Å². The molecule has 0 bridgehead atoms. The molecule has 1 rings (SSSR count). The summed E-state index contributed by atoms with van der Waals surface area (Å²) < 4.78 is 31.6. The van der Waals surface area contributed by atoms with Crippen molar-refractivity contribution in [3.8, 4) is 0 Å². The van der Waals surface area contributed by atoms with Crippen LogP contribution in [0.25, 0.3) is 0 Å². The van der Waals surface area contributed by atoms with E-state index in [9.17, 15) is 0 Å². The van der Waals surface area contributed by atoms with Crippen molar-refractivity contribution < 1.29 is 17.5 Å². The third-order valence-electron chi connectivity index (χ3n) is 1.75. The Bertz CT molecular complexity index is 340. The number of allylic oxidation sites excluding steroid dienone is 2. The molecule has 0 aromatic carbocycles. The monoisotopic (exact) mass is 236 g/mol. The van der Waals surface area contributed by atoms with E-state index in [-0.39, 0.29) is 0 Å². The van der Waals surface area contributed by atoms with Crippen LogP contribution < -0.4 is 0 Å². The van der Waals surface area contributed by atoms with E-state index in [1.165, 1.54) is 5.70 Å². The molecule has 7 heteroatoms. The van der Waals surface area contributed by atoms with Gasteiger partial charge in [-0.25, -0.2) is 0 Å². The quantitative estimate of drug-likeness (QED) is 0.659. The molecule has 0 amide bonds. The van der Waals surface area contributed by atoms with E-state index in [4.69, 9.17) is 17.5 Å². The van der Waals surface area contributed by atoms with Crippen LogP contribution in [0.3, 0.4) is 0 Å². The molecule has 0 spiro atoms. The minimum atomic E-state index is -4.67. The van der Waals surface area contributed by atoms with Crippen molar-refractivity contribution in [2.24, 2.45) is 0 Å². The maximum atomic E-state index is 8.74. The normalized spacial score (nSPS) is 16.5. The molecule has 6 nitrogen and oxygen atoms in total. The zero-order valence-corrected chi connectivity index (χ0v) is 9.77. The molecular formula is C8H16N2O4S. The van der Waals surface area contributed by atoms with Crippen LogP contribution in [-0.2, 0) is 10.4 Å². The molecule has 88 valence electrons. The summed E-state index contributed by atoms with van der Waals surface area (Å²) in [7, 11) is -2.60. The summed E-state index contributed by atoms with van der Waals surface area (Å²) in [4.78, 5) is 4.35. The molecule has 0 aromatic rings. The first-order chi connectivity index (χ1) is 6.74. The van der Waals surface area contributed by atoms with Crippen molar-refractivity contribution in [3.05, 3.63) is 24.2 Å². The zero-order valence-electron chi connectivity index (χ0n) is 8.95. The lowest BCUT2D eigenvalue weighted by atomic mass is 10.4. The number of hydrogen-bond acceptors (Lipinski definition) is 4. The maximum absolute atomic E-state index is 8.74. The summed E-state index contributed by atoms with van der Waals surface area (Å²) in [6.45, 7) is 5.15. The van der Waals surface area contributed by atoms with Gasteiger partial charge in [0.2, 0.25) is 0 Å². The Morgan fingerprint density at radius 2 is 1.87 bits per heavy atom. The van der Waals surface area contributed by atoms with Crippen LogP contribution in [0.1, 0.15) is 13.8 Å². The van der Waals surface area contributed by atoms with E-state index >= 15 is 0 Å². The van der Waals surface area contributed by atoms with Crippen molar-refractivity contribution in [1.82, 2.24) is 9.80 Å². The first-order valence-electron chi connectivity index (χ1n) is 4.22. The predicted molar refractivity (Wildman–Crippen MR) is 57.2 cm³/mol. The van der Waals surface area contributed by atoms with Gasteiger partial charge in [-0.05, 0) is 13.8 Å². The molecule has 0 fully saturated rings. The maximum Gasteiger partial charge on any atom is 0.394 e. The van der Waals surface area contributed by atoms with Gasteiger partial charge in [-0.2, -0.15) is 8.42 Å².